The van der Waals surface area contributed by atoms with Gasteiger partial charge in [-0.2, -0.15) is 0 Å². The van der Waals surface area contributed by atoms with E-state index in [2.05, 4.69) is 49.4 Å². The Morgan fingerprint density at radius 2 is 2.00 bits per heavy atom. The molecule has 0 unspecified atom stereocenters. The van der Waals surface area contributed by atoms with E-state index >= 15 is 0 Å². The van der Waals surface area contributed by atoms with E-state index in [9.17, 15) is 0 Å². The van der Waals surface area contributed by atoms with Gasteiger partial charge in [-0.1, -0.05) is 62.2 Å². The van der Waals surface area contributed by atoms with Gasteiger partial charge in [-0.05, 0) is 30.2 Å². The normalized spacial score (nSPS) is 24.6. The molecule has 80 valence electrons. The molecule has 0 radical (unpaired) electrons. The first kappa shape index (κ1) is 10.5. The minimum absolute atomic E-state index is 0.748. The Labute approximate surface area is 93.0 Å². The van der Waals surface area contributed by atoms with E-state index in [0.29, 0.717) is 0 Å². The predicted octanol–water partition coefficient (Wildman–Crippen LogP) is 4.54. The lowest BCUT2D eigenvalue weighted by Gasteiger charge is -2.19. The van der Waals surface area contributed by atoms with Crippen molar-refractivity contribution in [3.8, 4) is 0 Å². The first-order valence-electron chi connectivity index (χ1n) is 6.13. The van der Waals surface area contributed by atoms with E-state index in [1.54, 1.807) is 0 Å². The Morgan fingerprint density at radius 1 is 1.20 bits per heavy atom. The maximum Gasteiger partial charge on any atom is -0.00645 e. The molecule has 0 saturated carbocycles. The SMILES string of the molecule is CCCC[C@@H]1C=CC[C@@H]1c1ccccc1. The molecular weight excluding hydrogens is 180 g/mol. The van der Waals surface area contributed by atoms with Gasteiger partial charge in [-0.25, -0.2) is 0 Å². The molecule has 0 aliphatic heterocycles. The van der Waals surface area contributed by atoms with Gasteiger partial charge in [0.05, 0.1) is 0 Å². The summed E-state index contributed by atoms with van der Waals surface area (Å²) in [5, 5.41) is 0. The fourth-order valence-electron chi connectivity index (χ4n) is 2.53. The molecule has 1 aliphatic carbocycles. The van der Waals surface area contributed by atoms with Gasteiger partial charge >= 0.3 is 0 Å². The van der Waals surface area contributed by atoms with Crippen LogP contribution >= 0.6 is 0 Å². The van der Waals surface area contributed by atoms with Crippen LogP contribution in [0.2, 0.25) is 0 Å². The second-order valence-electron chi connectivity index (χ2n) is 4.49. The van der Waals surface area contributed by atoms with Gasteiger partial charge < -0.3 is 0 Å². The van der Waals surface area contributed by atoms with E-state index in [1.807, 2.05) is 0 Å². The molecule has 0 N–H and O–H groups in total. The quantitative estimate of drug-likeness (QED) is 0.626. The van der Waals surface area contributed by atoms with Crippen molar-refractivity contribution in [2.75, 3.05) is 0 Å². The zero-order chi connectivity index (χ0) is 10.5. The summed E-state index contributed by atoms with van der Waals surface area (Å²) >= 11 is 0. The van der Waals surface area contributed by atoms with Crippen LogP contribution in [0.1, 0.15) is 44.1 Å². The van der Waals surface area contributed by atoms with Gasteiger partial charge in [0, 0.05) is 0 Å². The molecule has 0 saturated heterocycles. The summed E-state index contributed by atoms with van der Waals surface area (Å²) in [6, 6.07) is 11.0. The molecule has 0 fully saturated rings. The summed E-state index contributed by atoms with van der Waals surface area (Å²) < 4.78 is 0. The van der Waals surface area contributed by atoms with E-state index in [1.165, 1.54) is 31.2 Å². The minimum atomic E-state index is 0.748. The summed E-state index contributed by atoms with van der Waals surface area (Å²) in [6.45, 7) is 2.27. The molecule has 0 amide bonds. The zero-order valence-corrected chi connectivity index (χ0v) is 9.52. The smallest absolute Gasteiger partial charge is 0.00645 e. The van der Waals surface area contributed by atoms with Crippen molar-refractivity contribution < 1.29 is 0 Å². The highest BCUT2D eigenvalue weighted by molar-refractivity contribution is 5.25. The Morgan fingerprint density at radius 3 is 2.73 bits per heavy atom. The van der Waals surface area contributed by atoms with Crippen LogP contribution in [0.3, 0.4) is 0 Å². The first-order chi connectivity index (χ1) is 7.42. The van der Waals surface area contributed by atoms with Crippen molar-refractivity contribution >= 4 is 0 Å². The van der Waals surface area contributed by atoms with Crippen molar-refractivity contribution in [1.82, 2.24) is 0 Å². The van der Waals surface area contributed by atoms with Gasteiger partial charge in [0.2, 0.25) is 0 Å². The molecule has 1 aromatic carbocycles. The second kappa shape index (κ2) is 5.16. The number of hydrogen-bond acceptors (Lipinski definition) is 0. The van der Waals surface area contributed by atoms with Crippen LogP contribution < -0.4 is 0 Å². The lowest BCUT2D eigenvalue weighted by Crippen LogP contribution is -2.06. The molecule has 2 atom stereocenters. The Kier molecular flexibility index (Phi) is 3.60. The molecule has 0 nitrogen and oxygen atoms in total. The van der Waals surface area contributed by atoms with E-state index in [-0.39, 0.29) is 0 Å². The summed E-state index contributed by atoms with van der Waals surface area (Å²) in [5.74, 6) is 1.53. The first-order valence-corrected chi connectivity index (χ1v) is 6.13. The summed E-state index contributed by atoms with van der Waals surface area (Å²) in [6.07, 6.45) is 10.0. The lowest BCUT2D eigenvalue weighted by atomic mass is 9.85. The zero-order valence-electron chi connectivity index (χ0n) is 9.52. The monoisotopic (exact) mass is 200 g/mol. The third kappa shape index (κ3) is 2.50. The van der Waals surface area contributed by atoms with Gasteiger partial charge in [0.15, 0.2) is 0 Å². The third-order valence-electron chi connectivity index (χ3n) is 3.41. The summed E-state index contributed by atoms with van der Waals surface area (Å²) in [4.78, 5) is 0. The largest absolute Gasteiger partial charge is 0.0876 e. The molecular formula is C15H20. The van der Waals surface area contributed by atoms with Crippen LogP contribution in [-0.2, 0) is 0 Å². The topological polar surface area (TPSA) is 0 Å². The second-order valence-corrected chi connectivity index (χ2v) is 4.49. The molecule has 0 spiro atoms. The number of unbranched alkanes of at least 4 members (excludes halogenated alkanes) is 1. The van der Waals surface area contributed by atoms with Crippen LogP contribution in [0.4, 0.5) is 0 Å². The van der Waals surface area contributed by atoms with Crippen LogP contribution in [0.25, 0.3) is 0 Å². The maximum absolute atomic E-state index is 2.42. The molecule has 15 heavy (non-hydrogen) atoms. The van der Waals surface area contributed by atoms with Crippen LogP contribution in [-0.4, -0.2) is 0 Å². The molecule has 0 aromatic heterocycles. The minimum Gasteiger partial charge on any atom is -0.0876 e. The molecule has 0 heteroatoms. The third-order valence-corrected chi connectivity index (χ3v) is 3.41. The highest BCUT2D eigenvalue weighted by Crippen LogP contribution is 2.37. The van der Waals surface area contributed by atoms with Crippen molar-refractivity contribution in [3.63, 3.8) is 0 Å². The number of hydrogen-bond donors (Lipinski definition) is 0. The molecule has 0 heterocycles. The average molecular weight is 200 g/mol. The lowest BCUT2D eigenvalue weighted by molar-refractivity contribution is 0.484. The highest BCUT2D eigenvalue weighted by Gasteiger charge is 2.23. The predicted molar refractivity (Wildman–Crippen MR) is 66.0 cm³/mol. The van der Waals surface area contributed by atoms with E-state index in [0.717, 1.165) is 11.8 Å². The molecule has 0 bridgehead atoms. The van der Waals surface area contributed by atoms with Gasteiger partial charge in [0.1, 0.15) is 0 Å². The Balaban J connectivity index is 2.03. The van der Waals surface area contributed by atoms with Crippen molar-refractivity contribution in [2.45, 2.75) is 38.5 Å². The average Bonchev–Trinajstić information content (AvgIpc) is 2.75. The summed E-state index contributed by atoms with van der Waals surface area (Å²) in [5.41, 5.74) is 1.52. The van der Waals surface area contributed by atoms with E-state index < -0.39 is 0 Å². The van der Waals surface area contributed by atoms with Gasteiger partial charge in [0.25, 0.3) is 0 Å². The number of allylic oxidation sites excluding steroid dienone is 2. The molecule has 2 rings (SSSR count). The fourth-order valence-corrected chi connectivity index (χ4v) is 2.53. The Hall–Kier alpha value is -1.04. The van der Waals surface area contributed by atoms with Gasteiger partial charge in [-0.15, -0.1) is 0 Å². The van der Waals surface area contributed by atoms with Crippen molar-refractivity contribution in [3.05, 3.63) is 48.0 Å². The number of benzene rings is 1. The van der Waals surface area contributed by atoms with Crippen LogP contribution in [0.15, 0.2) is 42.5 Å². The Bertz CT molecular complexity index is 310. The fraction of sp³-hybridized carbons (Fsp3) is 0.467. The summed E-state index contributed by atoms with van der Waals surface area (Å²) in [7, 11) is 0. The van der Waals surface area contributed by atoms with Crippen LogP contribution in [0.5, 0.6) is 0 Å². The maximum atomic E-state index is 2.42. The van der Waals surface area contributed by atoms with Crippen molar-refractivity contribution in [2.24, 2.45) is 5.92 Å². The van der Waals surface area contributed by atoms with E-state index in [4.69, 9.17) is 0 Å². The molecule has 1 aliphatic rings. The van der Waals surface area contributed by atoms with Gasteiger partial charge in [-0.3, -0.25) is 0 Å². The van der Waals surface area contributed by atoms with Crippen molar-refractivity contribution in [1.29, 1.82) is 0 Å². The van der Waals surface area contributed by atoms with Crippen LogP contribution in [0, 0.1) is 5.92 Å². The highest BCUT2D eigenvalue weighted by atomic mass is 14.3. The molecule has 1 aromatic rings. The standard InChI is InChI=1S/C15H20/c1-2-3-8-13-11-7-12-15(13)14-9-5-4-6-10-14/h4-7,9-11,13,15H,2-3,8,12H2,1H3/t13-,15+/m1/s1. The number of rotatable bonds is 4.